The number of nitrogens with one attached hydrogen (secondary N) is 1. The molecule has 4 rings (SSSR count). The number of thiazole rings is 1. The molecule has 1 aliphatic rings. The Labute approximate surface area is 156 Å². The number of hydrogen-bond donors (Lipinski definition) is 1. The molecule has 6 heteroatoms. The van der Waals surface area contributed by atoms with Gasteiger partial charge in [-0.3, -0.25) is 9.69 Å². The minimum Gasteiger partial charge on any atom is -0.310 e. The molecule has 5 nitrogen and oxygen atoms in total. The van der Waals surface area contributed by atoms with Crippen LogP contribution in [0.4, 0.5) is 0 Å². The van der Waals surface area contributed by atoms with Crippen molar-refractivity contribution in [3.8, 4) is 11.3 Å². The summed E-state index contributed by atoms with van der Waals surface area (Å²) in [4.78, 5) is 28.2. The minimum atomic E-state index is 0.0102. The van der Waals surface area contributed by atoms with Crippen LogP contribution in [0.3, 0.4) is 0 Å². The number of benzene rings is 1. The molecule has 0 saturated heterocycles. The van der Waals surface area contributed by atoms with Crippen LogP contribution >= 0.6 is 11.3 Å². The third-order valence-corrected chi connectivity index (χ3v) is 5.59. The van der Waals surface area contributed by atoms with Crippen molar-refractivity contribution >= 4 is 11.3 Å². The van der Waals surface area contributed by atoms with E-state index in [1.54, 1.807) is 11.3 Å². The molecule has 0 atom stereocenters. The van der Waals surface area contributed by atoms with Crippen molar-refractivity contribution in [1.29, 1.82) is 0 Å². The van der Waals surface area contributed by atoms with E-state index < -0.39 is 0 Å². The van der Waals surface area contributed by atoms with Crippen LogP contribution in [0.2, 0.25) is 0 Å². The first-order valence-electron chi connectivity index (χ1n) is 8.94. The molecule has 3 heterocycles. The molecule has 0 unspecified atom stereocenters. The third-order valence-electron chi connectivity index (χ3n) is 4.77. The molecule has 0 fully saturated rings. The summed E-state index contributed by atoms with van der Waals surface area (Å²) in [5, 5.41) is 0. The Balaban J connectivity index is 1.56. The standard InChI is InChI=1S/C20H22N4OS/c1-13(2)19-22-16-8-9-24(10-15(16)20(25)23-19)11-17-18(21-12-26-17)14-6-4-3-5-7-14/h3-7,12-13H,8-11H2,1-2H3,(H,22,23,25). The highest BCUT2D eigenvalue weighted by molar-refractivity contribution is 7.10. The van der Waals surface area contributed by atoms with E-state index in [1.807, 2.05) is 23.7 Å². The van der Waals surface area contributed by atoms with Crippen LogP contribution in [0, 0.1) is 0 Å². The Hall–Kier alpha value is -2.31. The fourth-order valence-corrected chi connectivity index (χ4v) is 4.15. The second-order valence-corrected chi connectivity index (χ2v) is 7.92. The number of nitrogens with zero attached hydrogens (tertiary/aromatic N) is 3. The maximum absolute atomic E-state index is 12.5. The predicted octanol–water partition coefficient (Wildman–Crippen LogP) is 3.58. The molecule has 3 aromatic rings. The van der Waals surface area contributed by atoms with Crippen molar-refractivity contribution in [2.45, 2.75) is 39.3 Å². The van der Waals surface area contributed by atoms with Crippen LogP contribution in [0.15, 0.2) is 40.6 Å². The van der Waals surface area contributed by atoms with E-state index >= 15 is 0 Å². The molecule has 0 saturated carbocycles. The first kappa shape index (κ1) is 17.1. The number of rotatable bonds is 4. The Bertz CT molecular complexity index is 961. The molecule has 1 N–H and O–H groups in total. The molecule has 0 spiro atoms. The van der Waals surface area contributed by atoms with Gasteiger partial charge in [0.2, 0.25) is 0 Å². The van der Waals surface area contributed by atoms with Crippen LogP contribution in [0.25, 0.3) is 11.3 Å². The van der Waals surface area contributed by atoms with Crippen LogP contribution in [-0.2, 0) is 19.5 Å². The van der Waals surface area contributed by atoms with E-state index in [1.165, 1.54) is 4.88 Å². The van der Waals surface area contributed by atoms with Gasteiger partial charge in [0.25, 0.3) is 5.56 Å². The Morgan fingerprint density at radius 2 is 2.08 bits per heavy atom. The zero-order valence-corrected chi connectivity index (χ0v) is 15.8. The highest BCUT2D eigenvalue weighted by Crippen LogP contribution is 2.28. The van der Waals surface area contributed by atoms with Gasteiger partial charge in [0.15, 0.2) is 0 Å². The molecule has 1 aliphatic heterocycles. The smallest absolute Gasteiger partial charge is 0.255 e. The molecular formula is C20H22N4OS. The van der Waals surface area contributed by atoms with Gasteiger partial charge in [-0.05, 0) is 0 Å². The average molecular weight is 366 g/mol. The second kappa shape index (κ2) is 7.13. The van der Waals surface area contributed by atoms with Gasteiger partial charge >= 0.3 is 0 Å². The fourth-order valence-electron chi connectivity index (χ4n) is 3.33. The van der Waals surface area contributed by atoms with Crippen molar-refractivity contribution in [3.05, 3.63) is 68.2 Å². The largest absolute Gasteiger partial charge is 0.310 e. The van der Waals surface area contributed by atoms with E-state index in [0.717, 1.165) is 47.8 Å². The SMILES string of the molecule is CC(C)c1nc2c(c(=O)[nH]1)CN(Cc1scnc1-c1ccccc1)CC2. The summed E-state index contributed by atoms with van der Waals surface area (Å²) in [6, 6.07) is 10.3. The summed E-state index contributed by atoms with van der Waals surface area (Å²) in [7, 11) is 0. The molecule has 1 aromatic carbocycles. The van der Waals surface area contributed by atoms with Gasteiger partial charge < -0.3 is 4.98 Å². The number of H-pyrrole nitrogens is 1. The van der Waals surface area contributed by atoms with Gasteiger partial charge in [0.1, 0.15) is 5.82 Å². The number of aromatic amines is 1. The van der Waals surface area contributed by atoms with Gasteiger partial charge in [-0.2, -0.15) is 0 Å². The number of aromatic nitrogens is 3. The van der Waals surface area contributed by atoms with Crippen molar-refractivity contribution in [3.63, 3.8) is 0 Å². The topological polar surface area (TPSA) is 61.9 Å². The van der Waals surface area contributed by atoms with Gasteiger partial charge in [0, 0.05) is 42.4 Å². The molecule has 134 valence electrons. The molecule has 0 aliphatic carbocycles. The van der Waals surface area contributed by atoms with Crippen molar-refractivity contribution < 1.29 is 0 Å². The molecule has 0 amide bonds. The monoisotopic (exact) mass is 366 g/mol. The third kappa shape index (κ3) is 3.34. The summed E-state index contributed by atoms with van der Waals surface area (Å²) in [6.07, 6.45) is 0.818. The number of hydrogen-bond acceptors (Lipinski definition) is 5. The highest BCUT2D eigenvalue weighted by atomic mass is 32.1. The maximum Gasteiger partial charge on any atom is 0.255 e. The summed E-state index contributed by atoms with van der Waals surface area (Å²) in [5.41, 5.74) is 5.87. The van der Waals surface area contributed by atoms with Crippen molar-refractivity contribution in [2.24, 2.45) is 0 Å². The molecule has 0 bridgehead atoms. The molecule has 2 aromatic heterocycles. The van der Waals surface area contributed by atoms with Crippen LogP contribution < -0.4 is 5.56 Å². The Kier molecular flexibility index (Phi) is 4.70. The molecular weight excluding hydrogens is 344 g/mol. The zero-order valence-electron chi connectivity index (χ0n) is 15.0. The van der Waals surface area contributed by atoms with Crippen molar-refractivity contribution in [1.82, 2.24) is 19.9 Å². The minimum absolute atomic E-state index is 0.0102. The highest BCUT2D eigenvalue weighted by Gasteiger charge is 2.23. The lowest BCUT2D eigenvalue weighted by Crippen LogP contribution is -2.35. The van der Waals surface area contributed by atoms with Gasteiger partial charge in [0.05, 0.1) is 22.5 Å². The summed E-state index contributed by atoms with van der Waals surface area (Å²) in [6.45, 7) is 6.46. The Morgan fingerprint density at radius 3 is 2.85 bits per heavy atom. The van der Waals surface area contributed by atoms with Crippen LogP contribution in [0.5, 0.6) is 0 Å². The first-order valence-corrected chi connectivity index (χ1v) is 9.82. The second-order valence-electron chi connectivity index (χ2n) is 6.98. The number of fused-ring (bicyclic) bond motifs is 1. The molecule has 26 heavy (non-hydrogen) atoms. The van der Waals surface area contributed by atoms with E-state index in [2.05, 4.69) is 45.8 Å². The summed E-state index contributed by atoms with van der Waals surface area (Å²) < 4.78 is 0. The summed E-state index contributed by atoms with van der Waals surface area (Å²) >= 11 is 1.68. The zero-order chi connectivity index (χ0) is 18.1. The van der Waals surface area contributed by atoms with Gasteiger partial charge in [-0.1, -0.05) is 44.2 Å². The lowest BCUT2D eigenvalue weighted by molar-refractivity contribution is 0.243. The van der Waals surface area contributed by atoms with E-state index in [9.17, 15) is 4.79 Å². The lowest BCUT2D eigenvalue weighted by atomic mass is 10.1. The first-order chi connectivity index (χ1) is 12.6. The maximum atomic E-state index is 12.5. The van der Waals surface area contributed by atoms with Gasteiger partial charge in [-0.15, -0.1) is 11.3 Å². The quantitative estimate of drug-likeness (QED) is 0.767. The fraction of sp³-hybridized carbons (Fsp3) is 0.350. The van der Waals surface area contributed by atoms with E-state index in [-0.39, 0.29) is 11.5 Å². The van der Waals surface area contributed by atoms with Gasteiger partial charge in [-0.25, -0.2) is 9.97 Å². The predicted molar refractivity (Wildman–Crippen MR) is 104 cm³/mol. The van der Waals surface area contributed by atoms with Crippen LogP contribution in [0.1, 0.15) is 41.7 Å². The van der Waals surface area contributed by atoms with Crippen LogP contribution in [-0.4, -0.2) is 26.4 Å². The Morgan fingerprint density at radius 1 is 1.27 bits per heavy atom. The van der Waals surface area contributed by atoms with E-state index in [0.29, 0.717) is 6.54 Å². The normalized spacial score (nSPS) is 14.6. The molecule has 0 radical (unpaired) electrons. The average Bonchev–Trinajstić information content (AvgIpc) is 3.11. The van der Waals surface area contributed by atoms with E-state index in [4.69, 9.17) is 0 Å². The van der Waals surface area contributed by atoms with Crippen molar-refractivity contribution in [2.75, 3.05) is 6.54 Å². The summed E-state index contributed by atoms with van der Waals surface area (Å²) in [5.74, 6) is 1.02. The lowest BCUT2D eigenvalue weighted by Gasteiger charge is -2.27.